The summed E-state index contributed by atoms with van der Waals surface area (Å²) in [6.45, 7) is 2.51. The highest BCUT2D eigenvalue weighted by Gasteiger charge is 2.29. The molecular weight excluding hydrogens is 573 g/mol. The van der Waals surface area contributed by atoms with Crippen LogP contribution in [0.25, 0.3) is 10.9 Å². The molecule has 0 spiro atoms. The van der Waals surface area contributed by atoms with Crippen LogP contribution in [0.15, 0.2) is 53.4 Å². The number of aromatic nitrogens is 5. The van der Waals surface area contributed by atoms with Crippen molar-refractivity contribution in [3.05, 3.63) is 80.9 Å². The van der Waals surface area contributed by atoms with Crippen LogP contribution in [0.5, 0.6) is 0 Å². The largest absolute Gasteiger partial charge is 0.391 e. The number of pyridine rings is 1. The molecule has 2 N–H and O–H groups in total. The molecule has 14 heteroatoms. The van der Waals surface area contributed by atoms with Crippen molar-refractivity contribution in [1.29, 1.82) is 0 Å². The molecule has 202 valence electrons. The van der Waals surface area contributed by atoms with E-state index in [1.807, 2.05) is 14.1 Å². The summed E-state index contributed by atoms with van der Waals surface area (Å²) in [6, 6.07) is 6.14. The smallest absolute Gasteiger partial charge is 0.358 e. The fourth-order valence-electron chi connectivity index (χ4n) is 3.88. The van der Waals surface area contributed by atoms with Gasteiger partial charge in [-0.3, -0.25) is 4.79 Å². The number of hydrogen-bond acceptors (Lipinski definition) is 8. The molecule has 4 rings (SSSR count). The summed E-state index contributed by atoms with van der Waals surface area (Å²) in [5, 5.41) is 17.9. The molecule has 0 saturated heterocycles. The van der Waals surface area contributed by atoms with E-state index < -0.39 is 10.8 Å². The van der Waals surface area contributed by atoms with E-state index >= 15 is 0 Å². The zero-order valence-corrected chi connectivity index (χ0v) is 23.2. The van der Waals surface area contributed by atoms with Gasteiger partial charge in [0.2, 0.25) is 11.7 Å². The van der Waals surface area contributed by atoms with E-state index in [1.54, 1.807) is 42.8 Å². The Bertz CT molecular complexity index is 1600. The maximum absolute atomic E-state index is 13.6. The summed E-state index contributed by atoms with van der Waals surface area (Å²) in [4.78, 5) is 40.3. The number of carbonyl (C=O) groups excluding carboxylic acids is 1. The molecule has 4 aromatic rings. The maximum atomic E-state index is 13.6. The highest BCUT2D eigenvalue weighted by Crippen LogP contribution is 2.27. The van der Waals surface area contributed by atoms with Crippen molar-refractivity contribution in [2.75, 3.05) is 31.3 Å². The minimum Gasteiger partial charge on any atom is -0.358 e. The van der Waals surface area contributed by atoms with Gasteiger partial charge in [0.15, 0.2) is 5.69 Å². The minimum absolute atomic E-state index is 0.157. The van der Waals surface area contributed by atoms with Crippen LogP contribution in [0.3, 0.4) is 0 Å². The van der Waals surface area contributed by atoms with Gasteiger partial charge in [0.1, 0.15) is 30.3 Å². The normalized spacial score (nSPS) is 11.7. The van der Waals surface area contributed by atoms with Crippen LogP contribution in [-0.2, 0) is 18.4 Å². The Hall–Kier alpha value is -4.30. The van der Waals surface area contributed by atoms with Crippen molar-refractivity contribution in [2.45, 2.75) is 13.5 Å². The summed E-state index contributed by atoms with van der Waals surface area (Å²) < 4.78 is 16.0. The number of fused-ring (bicyclic) bond motifs is 1. The van der Waals surface area contributed by atoms with E-state index in [9.17, 15) is 19.3 Å². The number of hydrogen-bond donors (Lipinski definition) is 2. The lowest BCUT2D eigenvalue weighted by Crippen LogP contribution is -2.39. The van der Waals surface area contributed by atoms with Gasteiger partial charge in [-0.25, -0.2) is 19.3 Å². The average Bonchev–Trinajstić information content (AvgIpc) is 3.14. The summed E-state index contributed by atoms with van der Waals surface area (Å²) in [5.74, 6) is 0.387. The number of imidazole rings is 1. The number of anilines is 3. The van der Waals surface area contributed by atoms with Crippen LogP contribution in [0.2, 0.25) is 0 Å². The highest BCUT2D eigenvalue weighted by atomic mass is 79.9. The molecule has 0 aliphatic carbocycles. The van der Waals surface area contributed by atoms with Crippen LogP contribution in [0.4, 0.5) is 27.5 Å². The van der Waals surface area contributed by atoms with E-state index in [-0.39, 0.29) is 11.6 Å². The number of nitrogens with zero attached hydrogens (tertiary/aromatic N) is 7. The lowest BCUT2D eigenvalue weighted by atomic mass is 10.2. The molecule has 1 aromatic carbocycles. The first-order valence-electron chi connectivity index (χ1n) is 11.7. The Kier molecular flexibility index (Phi) is 7.97. The first kappa shape index (κ1) is 27.7. The van der Waals surface area contributed by atoms with E-state index in [4.69, 9.17) is 0 Å². The Morgan fingerprint density at radius 3 is 2.74 bits per heavy atom. The Morgan fingerprint density at radius 1 is 1.26 bits per heavy atom. The number of quaternary nitrogens is 1. The zero-order valence-electron chi connectivity index (χ0n) is 21.6. The SMILES string of the molecule is Cc1nc([N+](=O)[O-])c(C[N+](C)(C)C/C=C/C(=O)Nc2cc3c(Nc4ccc(F)c(Br)c4)ncnc3cn2)n1C. The lowest BCUT2D eigenvalue weighted by Gasteiger charge is -2.28. The monoisotopic (exact) mass is 598 g/mol. The number of amides is 1. The maximum Gasteiger partial charge on any atom is 0.391 e. The van der Waals surface area contributed by atoms with Crippen molar-refractivity contribution in [3.63, 3.8) is 0 Å². The van der Waals surface area contributed by atoms with Crippen LogP contribution in [-0.4, -0.2) is 60.5 Å². The molecule has 0 bridgehead atoms. The number of halogens is 2. The third-order valence-corrected chi connectivity index (χ3v) is 6.60. The molecule has 3 heterocycles. The third-order valence-electron chi connectivity index (χ3n) is 5.99. The summed E-state index contributed by atoms with van der Waals surface area (Å²) in [5.41, 5.74) is 1.68. The van der Waals surface area contributed by atoms with Gasteiger partial charge < -0.3 is 29.8 Å². The predicted molar refractivity (Wildman–Crippen MR) is 148 cm³/mol. The molecular formula is C25H26BrFN9O3+. The third kappa shape index (κ3) is 6.59. The minimum atomic E-state index is -0.479. The fourth-order valence-corrected chi connectivity index (χ4v) is 4.26. The first-order chi connectivity index (χ1) is 18.4. The lowest BCUT2D eigenvalue weighted by molar-refractivity contribution is -0.898. The molecule has 39 heavy (non-hydrogen) atoms. The Morgan fingerprint density at radius 2 is 2.03 bits per heavy atom. The average molecular weight is 599 g/mol. The van der Waals surface area contributed by atoms with E-state index in [0.29, 0.717) is 61.8 Å². The standard InChI is InChI=1S/C25H25BrFN9O3/c1-15-31-25(35(38)39)21(34(15)2)13-36(3,4)9-5-6-23(37)33-22-11-17-20(12-28-22)29-14-30-24(17)32-16-7-8-19(27)18(26)10-16/h5-8,10-12,14H,9,13H2,1-4H3,(H-,28,29,30,32,33,37)/p+1/b6-5+. The van der Waals surface area contributed by atoms with Crippen molar-refractivity contribution in [1.82, 2.24) is 24.5 Å². The second-order valence-electron chi connectivity index (χ2n) is 9.48. The Balaban J connectivity index is 1.44. The van der Waals surface area contributed by atoms with Crippen LogP contribution in [0, 0.1) is 22.9 Å². The molecule has 0 aliphatic heterocycles. The molecule has 12 nitrogen and oxygen atoms in total. The van der Waals surface area contributed by atoms with Crippen molar-refractivity contribution < 1.29 is 18.6 Å². The topological polar surface area (TPSA) is 141 Å². The van der Waals surface area contributed by atoms with Crippen LogP contribution in [0.1, 0.15) is 11.5 Å². The number of carbonyl (C=O) groups is 1. The van der Waals surface area contributed by atoms with E-state index in [1.165, 1.54) is 24.7 Å². The predicted octanol–water partition coefficient (Wildman–Crippen LogP) is 4.39. The number of nitrogens with one attached hydrogen (secondary N) is 2. The van der Waals surface area contributed by atoms with Crippen molar-refractivity contribution in [3.8, 4) is 0 Å². The van der Waals surface area contributed by atoms with Crippen molar-refractivity contribution >= 4 is 55.9 Å². The fraction of sp³-hybridized carbons (Fsp3) is 0.240. The highest BCUT2D eigenvalue weighted by molar-refractivity contribution is 9.10. The number of likely N-dealkylation sites (N-methyl/N-ethyl adjacent to an activating group) is 1. The second-order valence-corrected chi connectivity index (χ2v) is 10.3. The number of benzene rings is 1. The van der Waals surface area contributed by atoms with Crippen molar-refractivity contribution in [2.24, 2.45) is 7.05 Å². The molecule has 0 unspecified atom stereocenters. The number of nitro groups is 1. The molecule has 0 radical (unpaired) electrons. The molecule has 3 aromatic heterocycles. The molecule has 0 aliphatic rings. The first-order valence-corrected chi connectivity index (χ1v) is 12.5. The summed E-state index contributed by atoms with van der Waals surface area (Å²) in [7, 11) is 5.57. The zero-order chi connectivity index (χ0) is 28.3. The number of rotatable bonds is 9. The van der Waals surface area contributed by atoms with Gasteiger partial charge in [0, 0.05) is 31.1 Å². The number of aryl methyl sites for hydroxylation is 1. The van der Waals surface area contributed by atoms with Gasteiger partial charge in [-0.05, 0) is 56.2 Å². The van der Waals surface area contributed by atoms with E-state index in [0.717, 1.165) is 0 Å². The van der Waals surface area contributed by atoms with Gasteiger partial charge in [0.05, 0.1) is 36.8 Å². The van der Waals surface area contributed by atoms with E-state index in [2.05, 4.69) is 46.5 Å². The van der Waals surface area contributed by atoms with Gasteiger partial charge in [-0.15, -0.1) is 0 Å². The summed E-state index contributed by atoms with van der Waals surface area (Å²) >= 11 is 3.17. The molecule has 0 atom stereocenters. The molecule has 0 fully saturated rings. The van der Waals surface area contributed by atoms with Gasteiger partial charge in [0.25, 0.3) is 0 Å². The van der Waals surface area contributed by atoms with Crippen LogP contribution < -0.4 is 10.6 Å². The van der Waals surface area contributed by atoms with Crippen LogP contribution >= 0.6 is 15.9 Å². The quantitative estimate of drug-likeness (QED) is 0.125. The van der Waals surface area contributed by atoms with Gasteiger partial charge in [-0.2, -0.15) is 0 Å². The Labute approximate surface area is 231 Å². The summed E-state index contributed by atoms with van der Waals surface area (Å²) in [6.07, 6.45) is 6.00. The molecule has 1 amide bonds. The van der Waals surface area contributed by atoms with Gasteiger partial charge >= 0.3 is 5.82 Å². The molecule has 0 saturated carbocycles. The van der Waals surface area contributed by atoms with Gasteiger partial charge in [-0.1, -0.05) is 0 Å². The second kappa shape index (κ2) is 11.2.